The third-order valence-electron chi connectivity index (χ3n) is 3.11. The maximum Gasteiger partial charge on any atom is 0.157 e. The molecule has 0 N–H and O–H groups in total. The predicted octanol–water partition coefficient (Wildman–Crippen LogP) is 2.45. The molecule has 0 amide bonds. The lowest BCUT2D eigenvalue weighted by atomic mass is 9.72. The number of ketones is 1. The van der Waals surface area contributed by atoms with Crippen LogP contribution in [0.15, 0.2) is 24.3 Å². The average Bonchev–Trinajstić information content (AvgIpc) is 2.22. The first-order chi connectivity index (χ1) is 7.27. The van der Waals surface area contributed by atoms with E-state index in [1.54, 1.807) is 0 Å². The van der Waals surface area contributed by atoms with Crippen molar-refractivity contribution in [2.24, 2.45) is 5.92 Å². The molecule has 2 heteroatoms. The van der Waals surface area contributed by atoms with Gasteiger partial charge in [0.05, 0.1) is 6.07 Å². The van der Waals surface area contributed by atoms with E-state index in [1.165, 1.54) is 5.56 Å². The van der Waals surface area contributed by atoms with E-state index in [1.807, 2.05) is 31.2 Å². The molecule has 76 valence electrons. The molecule has 2 atom stereocenters. The Kier molecular flexibility index (Phi) is 2.55. The van der Waals surface area contributed by atoms with Crippen LogP contribution in [0.4, 0.5) is 0 Å². The minimum Gasteiger partial charge on any atom is -0.298 e. The summed E-state index contributed by atoms with van der Waals surface area (Å²) < 4.78 is 0. The Morgan fingerprint density at radius 3 is 2.93 bits per heavy atom. The van der Waals surface area contributed by atoms with E-state index in [0.29, 0.717) is 6.42 Å². The van der Waals surface area contributed by atoms with E-state index in [-0.39, 0.29) is 11.7 Å². The van der Waals surface area contributed by atoms with Crippen molar-refractivity contribution in [3.05, 3.63) is 35.4 Å². The Hall–Kier alpha value is -1.62. The first-order valence-electron chi connectivity index (χ1n) is 5.29. The van der Waals surface area contributed by atoms with Gasteiger partial charge in [0.2, 0.25) is 0 Å². The van der Waals surface area contributed by atoms with Gasteiger partial charge in [-0.05, 0) is 24.0 Å². The minimum absolute atomic E-state index is 0.0224. The maximum atomic E-state index is 11.9. The normalized spacial score (nSPS) is 19.6. The van der Waals surface area contributed by atoms with Gasteiger partial charge in [-0.25, -0.2) is 0 Å². The minimum atomic E-state index is -0.427. The third-order valence-corrected chi connectivity index (χ3v) is 3.11. The summed E-state index contributed by atoms with van der Waals surface area (Å²) in [5.41, 5.74) is 2.37. The Morgan fingerprint density at radius 2 is 2.33 bits per heavy atom. The second-order valence-electron chi connectivity index (χ2n) is 3.95. The molecule has 0 fully saturated rings. The number of carbonyl (C=O) groups is 1. The highest BCUT2D eigenvalue weighted by atomic mass is 16.1. The van der Waals surface area contributed by atoms with Crippen molar-refractivity contribution >= 4 is 5.78 Å². The fourth-order valence-corrected chi connectivity index (χ4v) is 2.11. The van der Waals surface area contributed by atoms with Crippen LogP contribution in [0.25, 0.3) is 0 Å². The number of fused-ring (bicyclic) bond motifs is 1. The van der Waals surface area contributed by atoms with Gasteiger partial charge in [-0.3, -0.25) is 4.79 Å². The van der Waals surface area contributed by atoms with Crippen LogP contribution in [0.3, 0.4) is 0 Å². The topological polar surface area (TPSA) is 40.9 Å². The molecule has 1 aromatic rings. The van der Waals surface area contributed by atoms with Crippen LogP contribution in [0.2, 0.25) is 0 Å². The summed E-state index contributed by atoms with van der Waals surface area (Å²) in [6.45, 7) is 1.89. The van der Waals surface area contributed by atoms with Crippen molar-refractivity contribution < 1.29 is 4.79 Å². The number of hydrogen-bond donors (Lipinski definition) is 0. The molecular formula is C13H13NO. The third kappa shape index (κ3) is 1.55. The number of carbonyl (C=O) groups excluding carboxylic acids is 1. The summed E-state index contributed by atoms with van der Waals surface area (Å²) >= 11 is 0. The summed E-state index contributed by atoms with van der Waals surface area (Å²) in [4.78, 5) is 11.9. The predicted molar refractivity (Wildman–Crippen MR) is 57.3 cm³/mol. The van der Waals surface area contributed by atoms with E-state index in [4.69, 9.17) is 5.26 Å². The number of hydrogen-bond acceptors (Lipinski definition) is 2. The second kappa shape index (κ2) is 3.86. The number of rotatable bonds is 3. The molecule has 0 saturated heterocycles. The zero-order valence-electron chi connectivity index (χ0n) is 8.73. The SMILES string of the molecule is CCC(C#N)C(=O)C1Cc2ccccc21. The first-order valence-corrected chi connectivity index (χ1v) is 5.29. The van der Waals surface area contributed by atoms with Gasteiger partial charge in [-0.2, -0.15) is 5.26 Å². The second-order valence-corrected chi connectivity index (χ2v) is 3.95. The summed E-state index contributed by atoms with van der Waals surface area (Å²) in [5.74, 6) is -0.354. The molecule has 2 nitrogen and oxygen atoms in total. The van der Waals surface area contributed by atoms with Crippen molar-refractivity contribution in [3.8, 4) is 6.07 Å². The summed E-state index contributed by atoms with van der Waals surface area (Å²) in [6.07, 6.45) is 1.43. The molecule has 15 heavy (non-hydrogen) atoms. The molecule has 0 aliphatic heterocycles. The number of nitriles is 1. The standard InChI is InChI=1S/C13H13NO/c1-2-9(8-14)13(15)12-7-10-5-3-4-6-11(10)12/h3-6,9,12H,2,7H2,1H3. The zero-order chi connectivity index (χ0) is 10.8. The van der Waals surface area contributed by atoms with Gasteiger partial charge in [0.25, 0.3) is 0 Å². The smallest absolute Gasteiger partial charge is 0.157 e. The lowest BCUT2D eigenvalue weighted by Gasteiger charge is -2.29. The Morgan fingerprint density at radius 1 is 1.60 bits per heavy atom. The van der Waals surface area contributed by atoms with Gasteiger partial charge in [0.1, 0.15) is 5.92 Å². The molecule has 2 unspecified atom stereocenters. The Labute approximate surface area is 89.5 Å². The van der Waals surface area contributed by atoms with Gasteiger partial charge < -0.3 is 0 Å². The van der Waals surface area contributed by atoms with Crippen LogP contribution in [0, 0.1) is 17.2 Å². The van der Waals surface area contributed by atoms with Gasteiger partial charge in [0, 0.05) is 5.92 Å². The number of Topliss-reactive ketones (excluding diaryl/α,β-unsaturated/α-hetero) is 1. The molecule has 1 aliphatic rings. The summed E-state index contributed by atoms with van der Waals surface area (Å²) in [6, 6.07) is 10.1. The van der Waals surface area contributed by atoms with E-state index < -0.39 is 5.92 Å². The molecule has 0 spiro atoms. The van der Waals surface area contributed by atoms with E-state index in [0.717, 1.165) is 12.0 Å². The van der Waals surface area contributed by atoms with Gasteiger partial charge in [-0.1, -0.05) is 31.2 Å². The highest BCUT2D eigenvalue weighted by Gasteiger charge is 2.34. The molecule has 0 saturated carbocycles. The highest BCUT2D eigenvalue weighted by Crippen LogP contribution is 2.37. The van der Waals surface area contributed by atoms with Crippen LogP contribution in [0.5, 0.6) is 0 Å². The molecular weight excluding hydrogens is 186 g/mol. The highest BCUT2D eigenvalue weighted by molar-refractivity contribution is 5.92. The van der Waals surface area contributed by atoms with Crippen molar-refractivity contribution in [2.75, 3.05) is 0 Å². The van der Waals surface area contributed by atoms with Gasteiger partial charge in [-0.15, -0.1) is 0 Å². The molecule has 0 radical (unpaired) electrons. The fraction of sp³-hybridized carbons (Fsp3) is 0.385. The summed E-state index contributed by atoms with van der Waals surface area (Å²) in [5, 5.41) is 8.84. The molecule has 0 heterocycles. The Balaban J connectivity index is 2.18. The van der Waals surface area contributed by atoms with Crippen LogP contribution < -0.4 is 0 Å². The van der Waals surface area contributed by atoms with Crippen molar-refractivity contribution in [1.29, 1.82) is 5.26 Å². The quantitative estimate of drug-likeness (QED) is 0.750. The average molecular weight is 199 g/mol. The van der Waals surface area contributed by atoms with E-state index in [2.05, 4.69) is 6.07 Å². The largest absolute Gasteiger partial charge is 0.298 e. The number of nitrogens with zero attached hydrogens (tertiary/aromatic N) is 1. The van der Waals surface area contributed by atoms with Crippen LogP contribution in [-0.2, 0) is 11.2 Å². The van der Waals surface area contributed by atoms with E-state index >= 15 is 0 Å². The molecule has 0 aromatic heterocycles. The number of benzene rings is 1. The van der Waals surface area contributed by atoms with Gasteiger partial charge in [0.15, 0.2) is 5.78 Å². The first kappa shape index (κ1) is 9.92. The lowest BCUT2D eigenvalue weighted by molar-refractivity contribution is -0.123. The lowest BCUT2D eigenvalue weighted by Crippen LogP contribution is -2.29. The molecule has 1 aliphatic carbocycles. The monoisotopic (exact) mass is 199 g/mol. The summed E-state index contributed by atoms with van der Waals surface area (Å²) in [7, 11) is 0. The zero-order valence-corrected chi connectivity index (χ0v) is 8.73. The maximum absolute atomic E-state index is 11.9. The molecule has 0 bridgehead atoms. The van der Waals surface area contributed by atoms with Crippen molar-refractivity contribution in [3.63, 3.8) is 0 Å². The Bertz CT molecular complexity index is 430. The van der Waals surface area contributed by atoms with Crippen LogP contribution >= 0.6 is 0 Å². The van der Waals surface area contributed by atoms with Crippen LogP contribution in [-0.4, -0.2) is 5.78 Å². The molecule has 2 rings (SSSR count). The van der Waals surface area contributed by atoms with E-state index in [9.17, 15) is 4.79 Å². The fourth-order valence-electron chi connectivity index (χ4n) is 2.11. The molecule has 1 aromatic carbocycles. The van der Waals surface area contributed by atoms with Crippen molar-refractivity contribution in [2.45, 2.75) is 25.7 Å². The van der Waals surface area contributed by atoms with Crippen LogP contribution in [0.1, 0.15) is 30.4 Å². The van der Waals surface area contributed by atoms with Crippen molar-refractivity contribution in [1.82, 2.24) is 0 Å². The van der Waals surface area contributed by atoms with Gasteiger partial charge >= 0.3 is 0 Å².